The van der Waals surface area contributed by atoms with Crippen LogP contribution in [-0.4, -0.2) is 65.5 Å². The van der Waals surface area contributed by atoms with Gasteiger partial charge in [0, 0.05) is 49.9 Å². The highest BCUT2D eigenvalue weighted by Gasteiger charge is 2.45. The number of likely N-dealkylation sites (tertiary alicyclic amines) is 1. The van der Waals surface area contributed by atoms with Crippen LogP contribution in [0.25, 0.3) is 0 Å². The number of nitrogens with zero attached hydrogens (tertiary/aromatic N) is 4. The van der Waals surface area contributed by atoms with E-state index in [0.717, 1.165) is 26.3 Å². The zero-order valence-corrected chi connectivity index (χ0v) is 11.4. The van der Waals surface area contributed by atoms with Crippen LogP contribution in [0, 0.1) is 5.92 Å². The van der Waals surface area contributed by atoms with E-state index in [2.05, 4.69) is 35.2 Å². The van der Waals surface area contributed by atoms with Crippen molar-refractivity contribution in [1.82, 2.24) is 19.6 Å². The Morgan fingerprint density at radius 2 is 2.28 bits per heavy atom. The molecule has 3 atom stereocenters. The molecule has 5 heteroatoms. The summed E-state index contributed by atoms with van der Waals surface area (Å²) in [7, 11) is 6.32. The van der Waals surface area contributed by atoms with Gasteiger partial charge in [0.15, 0.2) is 0 Å². The molecule has 0 aliphatic carbocycles. The lowest BCUT2D eigenvalue weighted by Crippen LogP contribution is -2.36. The Kier molecular flexibility index (Phi) is 3.13. The van der Waals surface area contributed by atoms with Crippen molar-refractivity contribution in [2.45, 2.75) is 18.6 Å². The average molecular weight is 250 g/mol. The highest BCUT2D eigenvalue weighted by Crippen LogP contribution is 2.33. The minimum atomic E-state index is 0.581. The van der Waals surface area contributed by atoms with Gasteiger partial charge in [-0.05, 0) is 14.1 Å². The predicted octanol–water partition coefficient (Wildman–Crippen LogP) is 0.181. The van der Waals surface area contributed by atoms with E-state index in [4.69, 9.17) is 4.74 Å². The zero-order chi connectivity index (χ0) is 12.7. The van der Waals surface area contributed by atoms with Gasteiger partial charge in [-0.25, -0.2) is 0 Å². The molecule has 0 aromatic carbocycles. The first kappa shape index (κ1) is 12.1. The molecule has 3 rings (SSSR count). The second-order valence-corrected chi connectivity index (χ2v) is 5.75. The van der Waals surface area contributed by atoms with Crippen molar-refractivity contribution in [3.8, 4) is 0 Å². The van der Waals surface area contributed by atoms with Gasteiger partial charge < -0.3 is 9.64 Å². The smallest absolute Gasteiger partial charge is 0.0626 e. The van der Waals surface area contributed by atoms with Crippen LogP contribution in [0.2, 0.25) is 0 Å². The van der Waals surface area contributed by atoms with E-state index in [-0.39, 0.29) is 0 Å². The second kappa shape index (κ2) is 4.64. The zero-order valence-electron chi connectivity index (χ0n) is 11.4. The minimum Gasteiger partial charge on any atom is -0.379 e. The summed E-state index contributed by atoms with van der Waals surface area (Å²) in [4.78, 5) is 4.90. The number of likely N-dealkylation sites (N-methyl/N-ethyl adjacent to an activating group) is 1. The first-order chi connectivity index (χ1) is 8.65. The molecular formula is C13H22N4O. The molecule has 2 aliphatic rings. The van der Waals surface area contributed by atoms with E-state index in [1.54, 1.807) is 0 Å². The van der Waals surface area contributed by atoms with E-state index in [0.29, 0.717) is 18.0 Å². The summed E-state index contributed by atoms with van der Waals surface area (Å²) < 4.78 is 7.55. The molecule has 3 heterocycles. The standard InChI is InChI=1S/C13H22N4O/c1-15(2)12-7-17(13-9-18-8-11(12)13)6-10-4-14-16(3)5-10/h4-5,11-13H,6-9H2,1-3H3/t11-,12-,13-/m1/s1. The largest absolute Gasteiger partial charge is 0.379 e. The van der Waals surface area contributed by atoms with Crippen molar-refractivity contribution in [2.75, 3.05) is 33.9 Å². The van der Waals surface area contributed by atoms with Crippen molar-refractivity contribution >= 4 is 0 Å². The van der Waals surface area contributed by atoms with Crippen LogP contribution in [0.1, 0.15) is 5.56 Å². The van der Waals surface area contributed by atoms with Gasteiger partial charge in [0.05, 0.1) is 19.4 Å². The van der Waals surface area contributed by atoms with E-state index < -0.39 is 0 Å². The lowest BCUT2D eigenvalue weighted by atomic mass is 9.99. The Morgan fingerprint density at radius 1 is 1.44 bits per heavy atom. The molecule has 0 N–H and O–H groups in total. The third kappa shape index (κ3) is 2.06. The third-order valence-corrected chi connectivity index (χ3v) is 4.29. The third-order valence-electron chi connectivity index (χ3n) is 4.29. The van der Waals surface area contributed by atoms with Crippen molar-refractivity contribution in [2.24, 2.45) is 13.0 Å². The van der Waals surface area contributed by atoms with Crippen LogP contribution < -0.4 is 0 Å². The summed E-state index contributed by atoms with van der Waals surface area (Å²) >= 11 is 0. The molecule has 2 aliphatic heterocycles. The molecule has 1 aromatic heterocycles. The molecule has 0 unspecified atom stereocenters. The van der Waals surface area contributed by atoms with Crippen LogP contribution in [0.15, 0.2) is 12.4 Å². The quantitative estimate of drug-likeness (QED) is 0.766. The summed E-state index contributed by atoms with van der Waals surface area (Å²) in [6.07, 6.45) is 4.07. The fourth-order valence-electron chi connectivity index (χ4n) is 3.33. The molecule has 0 saturated carbocycles. The van der Waals surface area contributed by atoms with Gasteiger partial charge in [0.1, 0.15) is 0 Å². The summed E-state index contributed by atoms with van der Waals surface area (Å²) in [6.45, 7) is 3.93. The number of fused-ring (bicyclic) bond motifs is 1. The minimum absolute atomic E-state index is 0.581. The van der Waals surface area contributed by atoms with Crippen molar-refractivity contribution < 1.29 is 4.74 Å². The fourth-order valence-corrected chi connectivity index (χ4v) is 3.33. The Balaban J connectivity index is 1.73. The molecule has 0 amide bonds. The van der Waals surface area contributed by atoms with Crippen molar-refractivity contribution in [3.63, 3.8) is 0 Å². The normalized spacial score (nSPS) is 32.3. The van der Waals surface area contributed by atoms with E-state index in [9.17, 15) is 0 Å². The number of aryl methyl sites for hydroxylation is 1. The van der Waals surface area contributed by atoms with Gasteiger partial charge in [-0.2, -0.15) is 5.10 Å². The van der Waals surface area contributed by atoms with Crippen LogP contribution >= 0.6 is 0 Å². The van der Waals surface area contributed by atoms with Crippen LogP contribution in [0.5, 0.6) is 0 Å². The maximum atomic E-state index is 5.68. The Bertz CT molecular complexity index is 417. The average Bonchev–Trinajstić information content (AvgIpc) is 2.96. The molecule has 1 aromatic rings. The SMILES string of the molecule is CN(C)[C@@H]1CN(Cc2cnn(C)c2)[C@@H]2COC[C@H]12. The summed E-state index contributed by atoms with van der Waals surface area (Å²) in [6, 6.07) is 1.20. The van der Waals surface area contributed by atoms with Gasteiger partial charge in [0.25, 0.3) is 0 Å². The van der Waals surface area contributed by atoms with E-state index in [1.807, 2.05) is 17.9 Å². The number of aromatic nitrogens is 2. The summed E-state index contributed by atoms with van der Waals surface area (Å²) in [5.74, 6) is 0.664. The molecular weight excluding hydrogens is 228 g/mol. The Labute approximate surface area is 108 Å². The van der Waals surface area contributed by atoms with Gasteiger partial charge in [-0.15, -0.1) is 0 Å². The second-order valence-electron chi connectivity index (χ2n) is 5.75. The van der Waals surface area contributed by atoms with E-state index in [1.165, 1.54) is 5.56 Å². The molecule has 5 nitrogen and oxygen atoms in total. The first-order valence-electron chi connectivity index (χ1n) is 6.61. The highest BCUT2D eigenvalue weighted by molar-refractivity contribution is 5.07. The van der Waals surface area contributed by atoms with Crippen LogP contribution in [0.3, 0.4) is 0 Å². The molecule has 0 radical (unpaired) electrons. The molecule has 0 spiro atoms. The maximum Gasteiger partial charge on any atom is 0.0626 e. The highest BCUT2D eigenvalue weighted by atomic mass is 16.5. The number of hydrogen-bond acceptors (Lipinski definition) is 4. The topological polar surface area (TPSA) is 33.5 Å². The van der Waals surface area contributed by atoms with E-state index >= 15 is 0 Å². The lowest BCUT2D eigenvalue weighted by Gasteiger charge is -2.23. The molecule has 0 bridgehead atoms. The fraction of sp³-hybridized carbons (Fsp3) is 0.769. The molecule has 100 valence electrons. The number of hydrogen-bond donors (Lipinski definition) is 0. The summed E-state index contributed by atoms with van der Waals surface area (Å²) in [5.41, 5.74) is 1.29. The number of ether oxygens (including phenoxy) is 1. The molecule has 2 saturated heterocycles. The van der Waals surface area contributed by atoms with Crippen molar-refractivity contribution in [3.05, 3.63) is 18.0 Å². The van der Waals surface area contributed by atoms with Gasteiger partial charge in [0.2, 0.25) is 0 Å². The van der Waals surface area contributed by atoms with Gasteiger partial charge in [-0.1, -0.05) is 0 Å². The van der Waals surface area contributed by atoms with Crippen molar-refractivity contribution in [1.29, 1.82) is 0 Å². The maximum absolute atomic E-state index is 5.68. The molecule has 2 fully saturated rings. The van der Waals surface area contributed by atoms with Crippen LogP contribution in [0.4, 0.5) is 0 Å². The van der Waals surface area contributed by atoms with Gasteiger partial charge in [-0.3, -0.25) is 9.58 Å². The Hall–Kier alpha value is -0.910. The lowest BCUT2D eigenvalue weighted by molar-refractivity contribution is 0.124. The Morgan fingerprint density at radius 3 is 2.94 bits per heavy atom. The van der Waals surface area contributed by atoms with Gasteiger partial charge >= 0.3 is 0 Å². The number of rotatable bonds is 3. The predicted molar refractivity (Wildman–Crippen MR) is 69.2 cm³/mol. The first-order valence-corrected chi connectivity index (χ1v) is 6.61. The van der Waals surface area contributed by atoms with Crippen LogP contribution in [-0.2, 0) is 18.3 Å². The monoisotopic (exact) mass is 250 g/mol. The summed E-state index contributed by atoms with van der Waals surface area (Å²) in [5, 5.41) is 4.25. The molecule has 18 heavy (non-hydrogen) atoms.